The Morgan fingerprint density at radius 3 is 1.96 bits per heavy atom. The number of aliphatic hydroxyl groups is 1. The van der Waals surface area contributed by atoms with Gasteiger partial charge in [-0.2, -0.15) is 0 Å². The van der Waals surface area contributed by atoms with E-state index in [2.05, 4.69) is 46.2 Å². The maximum absolute atomic E-state index is 13.3. The SMILES string of the molecule is O=C(O)/C=C/C(=O)O.O=C(OCCN1CCN(C2Cc3ccccc3Sc3ccc(Cl)cc32)CC1)C(O)(c1ccccc1)c1ccccc1. The highest BCUT2D eigenvalue weighted by Crippen LogP contribution is 2.43. The second-order valence-electron chi connectivity index (χ2n) is 11.6. The summed E-state index contributed by atoms with van der Waals surface area (Å²) in [6, 6.07) is 33.2. The number of rotatable bonds is 9. The lowest BCUT2D eigenvalue weighted by Gasteiger charge is -2.39. The summed E-state index contributed by atoms with van der Waals surface area (Å²) in [5.41, 5.74) is 1.79. The van der Waals surface area contributed by atoms with Crippen LogP contribution in [0.4, 0.5) is 0 Å². The molecule has 0 bridgehead atoms. The molecule has 0 amide bonds. The third-order valence-corrected chi connectivity index (χ3v) is 9.92. The molecule has 4 aromatic rings. The van der Waals surface area contributed by atoms with E-state index in [9.17, 15) is 19.5 Å². The minimum atomic E-state index is -1.86. The Balaban J connectivity index is 0.000000523. The molecule has 3 N–H and O–H groups in total. The summed E-state index contributed by atoms with van der Waals surface area (Å²) in [6.45, 7) is 4.41. The van der Waals surface area contributed by atoms with Gasteiger partial charge in [-0.05, 0) is 52.9 Å². The number of fused-ring (bicyclic) bond motifs is 2. The van der Waals surface area contributed by atoms with Crippen molar-refractivity contribution in [1.29, 1.82) is 0 Å². The lowest BCUT2D eigenvalue weighted by atomic mass is 9.86. The number of piperazine rings is 1. The van der Waals surface area contributed by atoms with E-state index in [-0.39, 0.29) is 12.6 Å². The molecule has 1 fully saturated rings. The molecular formula is C38H37ClN2O7S. The van der Waals surface area contributed by atoms with Gasteiger partial charge in [0.05, 0.1) is 0 Å². The Kier molecular flexibility index (Phi) is 12.3. The molecule has 4 aromatic carbocycles. The molecule has 0 aromatic heterocycles. The van der Waals surface area contributed by atoms with Crippen LogP contribution in [0.15, 0.2) is 125 Å². The Hall–Kier alpha value is -4.45. The van der Waals surface area contributed by atoms with Gasteiger partial charge in [-0.25, -0.2) is 14.4 Å². The van der Waals surface area contributed by atoms with Crippen molar-refractivity contribution in [2.75, 3.05) is 39.3 Å². The van der Waals surface area contributed by atoms with Crippen molar-refractivity contribution in [1.82, 2.24) is 9.80 Å². The molecule has 9 nitrogen and oxygen atoms in total. The van der Waals surface area contributed by atoms with Crippen LogP contribution in [0.25, 0.3) is 0 Å². The number of carbonyl (C=O) groups excluding carboxylic acids is 1. The fraction of sp³-hybridized carbons (Fsp3) is 0.237. The highest BCUT2D eigenvalue weighted by molar-refractivity contribution is 7.99. The van der Waals surface area contributed by atoms with Crippen LogP contribution >= 0.6 is 23.4 Å². The first kappa shape index (κ1) is 35.8. The smallest absolute Gasteiger partial charge is 0.347 e. The summed E-state index contributed by atoms with van der Waals surface area (Å²) in [5.74, 6) is -3.17. The van der Waals surface area contributed by atoms with E-state index in [0.29, 0.717) is 29.8 Å². The Labute approximate surface area is 294 Å². The monoisotopic (exact) mass is 700 g/mol. The number of hydrogen-bond acceptors (Lipinski definition) is 8. The van der Waals surface area contributed by atoms with Crippen molar-refractivity contribution in [3.8, 4) is 0 Å². The summed E-state index contributed by atoms with van der Waals surface area (Å²) in [5, 5.41) is 28.0. The van der Waals surface area contributed by atoms with E-state index in [1.54, 1.807) is 24.3 Å². The quantitative estimate of drug-likeness (QED) is 0.144. The average Bonchev–Trinajstić information content (AvgIpc) is 3.28. The van der Waals surface area contributed by atoms with Crippen molar-refractivity contribution in [3.63, 3.8) is 0 Å². The molecule has 49 heavy (non-hydrogen) atoms. The number of ether oxygens (including phenoxy) is 1. The number of carboxylic acids is 2. The van der Waals surface area contributed by atoms with Gasteiger partial charge >= 0.3 is 17.9 Å². The van der Waals surface area contributed by atoms with Gasteiger partial charge in [-0.1, -0.05) is 102 Å². The molecule has 0 radical (unpaired) electrons. The number of esters is 1. The molecule has 6 rings (SSSR count). The lowest BCUT2D eigenvalue weighted by molar-refractivity contribution is -0.162. The Morgan fingerprint density at radius 2 is 1.37 bits per heavy atom. The van der Waals surface area contributed by atoms with Crippen LogP contribution in [-0.4, -0.2) is 82.4 Å². The molecule has 2 heterocycles. The highest BCUT2D eigenvalue weighted by Gasteiger charge is 2.41. The first-order valence-corrected chi connectivity index (χ1v) is 17.0. The minimum absolute atomic E-state index is 0.215. The van der Waals surface area contributed by atoms with E-state index in [4.69, 9.17) is 26.6 Å². The van der Waals surface area contributed by atoms with Gasteiger partial charge in [0.25, 0.3) is 0 Å². The predicted octanol–water partition coefficient (Wildman–Crippen LogP) is 5.90. The zero-order chi connectivity index (χ0) is 34.8. The van der Waals surface area contributed by atoms with Crippen molar-refractivity contribution >= 4 is 41.3 Å². The molecule has 0 aliphatic carbocycles. The summed E-state index contributed by atoms with van der Waals surface area (Å²) in [6.07, 6.45) is 2.07. The van der Waals surface area contributed by atoms with Gasteiger partial charge in [0.15, 0.2) is 0 Å². The number of aliphatic carboxylic acids is 2. The maximum atomic E-state index is 13.3. The van der Waals surface area contributed by atoms with Crippen LogP contribution in [0.1, 0.15) is 28.3 Å². The molecule has 1 atom stereocenters. The van der Waals surface area contributed by atoms with E-state index in [0.717, 1.165) is 37.6 Å². The van der Waals surface area contributed by atoms with Gasteiger partial charge in [0, 0.05) is 65.7 Å². The Bertz CT molecular complexity index is 1720. The van der Waals surface area contributed by atoms with E-state index in [1.807, 2.05) is 54.2 Å². The zero-order valence-electron chi connectivity index (χ0n) is 26.7. The van der Waals surface area contributed by atoms with E-state index < -0.39 is 23.5 Å². The molecular weight excluding hydrogens is 664 g/mol. The van der Waals surface area contributed by atoms with Crippen molar-refractivity contribution in [2.24, 2.45) is 0 Å². The number of hydrogen-bond donors (Lipinski definition) is 3. The largest absolute Gasteiger partial charge is 0.478 e. The van der Waals surface area contributed by atoms with Crippen LogP contribution in [-0.2, 0) is 31.1 Å². The third kappa shape index (κ3) is 9.17. The van der Waals surface area contributed by atoms with Gasteiger partial charge in [-0.3, -0.25) is 9.80 Å². The molecule has 2 aliphatic heterocycles. The summed E-state index contributed by atoms with van der Waals surface area (Å²) >= 11 is 8.29. The third-order valence-electron chi connectivity index (χ3n) is 8.47. The molecule has 254 valence electrons. The van der Waals surface area contributed by atoms with Gasteiger partial charge in [-0.15, -0.1) is 0 Å². The number of carboxylic acid groups (broad SMARTS) is 2. The molecule has 0 saturated carbocycles. The van der Waals surface area contributed by atoms with Gasteiger partial charge in [0.1, 0.15) is 6.61 Å². The Morgan fingerprint density at radius 1 is 0.796 bits per heavy atom. The number of benzene rings is 4. The lowest BCUT2D eigenvalue weighted by Crippen LogP contribution is -2.49. The van der Waals surface area contributed by atoms with Crippen LogP contribution in [0.3, 0.4) is 0 Å². The fourth-order valence-corrected chi connectivity index (χ4v) is 7.28. The minimum Gasteiger partial charge on any atom is -0.478 e. The molecule has 1 unspecified atom stereocenters. The van der Waals surface area contributed by atoms with Crippen LogP contribution in [0.5, 0.6) is 0 Å². The molecule has 0 spiro atoms. The van der Waals surface area contributed by atoms with Crippen molar-refractivity contribution in [2.45, 2.75) is 27.9 Å². The first-order valence-electron chi connectivity index (χ1n) is 15.8. The van der Waals surface area contributed by atoms with Gasteiger partial charge in [0.2, 0.25) is 5.60 Å². The van der Waals surface area contributed by atoms with Crippen molar-refractivity contribution < 1.29 is 34.4 Å². The van der Waals surface area contributed by atoms with Crippen LogP contribution in [0.2, 0.25) is 5.02 Å². The van der Waals surface area contributed by atoms with Crippen LogP contribution in [0, 0.1) is 0 Å². The van der Waals surface area contributed by atoms with Crippen molar-refractivity contribution in [3.05, 3.63) is 143 Å². The second kappa shape index (κ2) is 16.8. The average molecular weight is 701 g/mol. The van der Waals surface area contributed by atoms with Gasteiger partial charge < -0.3 is 20.1 Å². The summed E-state index contributed by atoms with van der Waals surface area (Å²) < 4.78 is 5.72. The topological polar surface area (TPSA) is 128 Å². The molecule has 1 saturated heterocycles. The zero-order valence-corrected chi connectivity index (χ0v) is 28.2. The number of carbonyl (C=O) groups is 3. The first-order chi connectivity index (χ1) is 23.6. The second-order valence-corrected chi connectivity index (χ2v) is 13.1. The van der Waals surface area contributed by atoms with Crippen LogP contribution < -0.4 is 0 Å². The standard InChI is InChI=1S/C34H33ClN2O3S.C4H4O4/c35-28-15-16-32-29(24-28)30(23-25-9-7-8-14-31(25)41-32)37-19-17-36(18-20-37)21-22-40-33(38)34(39,26-10-3-1-4-11-26)27-12-5-2-6-13-27;5-3(6)1-2-4(7)8/h1-16,24,30,39H,17-23H2;1-2H,(H,5,6)(H,7,8)/b;2-1+. The predicted molar refractivity (Wildman–Crippen MR) is 188 cm³/mol. The number of halogens is 1. The van der Waals surface area contributed by atoms with E-state index >= 15 is 0 Å². The number of nitrogens with zero attached hydrogens (tertiary/aromatic N) is 2. The summed E-state index contributed by atoms with van der Waals surface area (Å²) in [7, 11) is 0. The normalized spacial score (nSPS) is 16.4. The maximum Gasteiger partial charge on any atom is 0.347 e. The highest BCUT2D eigenvalue weighted by atomic mass is 35.5. The molecule has 11 heteroatoms. The van der Waals surface area contributed by atoms with E-state index in [1.165, 1.54) is 20.9 Å². The molecule has 2 aliphatic rings. The fourth-order valence-electron chi connectivity index (χ4n) is 5.98. The summed E-state index contributed by atoms with van der Waals surface area (Å²) in [4.78, 5) is 39.9.